The normalized spacial score (nSPS) is 21.1. The number of amides is 2. The van der Waals surface area contributed by atoms with E-state index in [9.17, 15) is 32.3 Å². The van der Waals surface area contributed by atoms with Crippen LogP contribution in [-0.2, 0) is 31.8 Å². The minimum Gasteiger partial charge on any atom is -0.465 e. The van der Waals surface area contributed by atoms with Crippen molar-refractivity contribution >= 4 is 46.6 Å². The number of thioether (sulfide) groups is 1. The summed E-state index contributed by atoms with van der Waals surface area (Å²) in [6.45, 7) is 1.36. The maximum absolute atomic E-state index is 13.8. The molecule has 2 aliphatic rings. The van der Waals surface area contributed by atoms with Crippen molar-refractivity contribution in [2.45, 2.75) is 35.8 Å². The van der Waals surface area contributed by atoms with Gasteiger partial charge in [0.1, 0.15) is 11.8 Å². The number of imide groups is 1. The lowest BCUT2D eigenvalue weighted by Gasteiger charge is -2.30. The van der Waals surface area contributed by atoms with Crippen molar-refractivity contribution < 1.29 is 32.3 Å². The third kappa shape index (κ3) is 4.27. The first-order valence-corrected chi connectivity index (χ1v) is 13.0. The summed E-state index contributed by atoms with van der Waals surface area (Å²) in [5.74, 6) is -4.01. The molecule has 0 saturated carbocycles. The lowest BCUT2D eigenvalue weighted by Crippen LogP contribution is -2.33. The number of benzene rings is 2. The second-order valence-corrected chi connectivity index (χ2v) is 10.5. The SMILES string of the molecule is CCOC(=O)Cn1c2c(sc1=O)[C@H](c1ccccc1)C1C(=O)N(c3ccccc3C(F)(F)F)C(=O)C1S2. The number of thiazole rings is 1. The Bertz CT molecular complexity index is 1450. The molecule has 2 aliphatic heterocycles. The van der Waals surface area contributed by atoms with Gasteiger partial charge in [-0.05, 0) is 24.6 Å². The second kappa shape index (κ2) is 9.49. The fourth-order valence-corrected chi connectivity index (χ4v) is 7.53. The van der Waals surface area contributed by atoms with E-state index in [0.29, 0.717) is 20.4 Å². The van der Waals surface area contributed by atoms with Gasteiger partial charge in [-0.25, -0.2) is 4.90 Å². The maximum atomic E-state index is 13.8. The third-order valence-electron chi connectivity index (χ3n) is 6.25. The summed E-state index contributed by atoms with van der Waals surface area (Å²) in [5, 5.41) is -0.751. The van der Waals surface area contributed by atoms with Crippen LogP contribution in [0.15, 0.2) is 64.4 Å². The first kappa shape index (κ1) is 25.3. The Morgan fingerprint density at radius 3 is 2.35 bits per heavy atom. The number of anilines is 1. The van der Waals surface area contributed by atoms with Crippen molar-refractivity contribution in [2.24, 2.45) is 5.92 Å². The number of para-hydroxylation sites is 1. The number of ether oxygens (including phenoxy) is 1. The molecule has 0 N–H and O–H groups in total. The van der Waals surface area contributed by atoms with Gasteiger partial charge in [-0.3, -0.25) is 23.7 Å². The standard InChI is InChI=1S/C25H19F3N2O5S2/c1-2-35-16(31)12-29-23-20(37-24(29)34)17(13-8-4-3-5-9-13)18-19(36-23)22(33)30(21(18)32)15-11-7-6-10-14(15)25(26,27)28/h3-11,17-19H,2,12H2,1H3/t17-,18?,19?/m1/s1. The molecule has 2 unspecified atom stereocenters. The number of nitrogens with zero attached hydrogens (tertiary/aromatic N) is 2. The highest BCUT2D eigenvalue weighted by Crippen LogP contribution is 2.54. The zero-order valence-electron chi connectivity index (χ0n) is 19.2. The quantitative estimate of drug-likeness (QED) is 0.350. The van der Waals surface area contributed by atoms with Crippen LogP contribution in [0.3, 0.4) is 0 Å². The molecule has 37 heavy (non-hydrogen) atoms. The predicted molar refractivity (Wildman–Crippen MR) is 131 cm³/mol. The van der Waals surface area contributed by atoms with E-state index >= 15 is 0 Å². The van der Waals surface area contributed by atoms with Crippen LogP contribution >= 0.6 is 23.1 Å². The monoisotopic (exact) mass is 548 g/mol. The van der Waals surface area contributed by atoms with E-state index < -0.39 is 57.2 Å². The van der Waals surface area contributed by atoms with Crippen LogP contribution in [0.1, 0.15) is 28.8 Å². The van der Waals surface area contributed by atoms with Crippen LogP contribution in [0.2, 0.25) is 0 Å². The van der Waals surface area contributed by atoms with Gasteiger partial charge in [-0.2, -0.15) is 13.2 Å². The number of hydrogen-bond donors (Lipinski definition) is 0. The highest BCUT2D eigenvalue weighted by Gasteiger charge is 2.57. The molecule has 1 fully saturated rings. The van der Waals surface area contributed by atoms with Gasteiger partial charge in [0, 0.05) is 10.8 Å². The van der Waals surface area contributed by atoms with Crippen molar-refractivity contribution in [1.29, 1.82) is 0 Å². The molecule has 7 nitrogen and oxygen atoms in total. The van der Waals surface area contributed by atoms with E-state index in [-0.39, 0.29) is 13.2 Å². The summed E-state index contributed by atoms with van der Waals surface area (Å²) in [6.07, 6.45) is -4.78. The Morgan fingerprint density at radius 1 is 1.00 bits per heavy atom. The lowest BCUT2D eigenvalue weighted by atomic mass is 9.83. The molecule has 192 valence electrons. The first-order chi connectivity index (χ1) is 17.6. The third-order valence-corrected chi connectivity index (χ3v) is 8.85. The van der Waals surface area contributed by atoms with Gasteiger partial charge in [-0.15, -0.1) is 0 Å². The van der Waals surface area contributed by atoms with E-state index in [1.165, 1.54) is 16.7 Å². The second-order valence-electron chi connectivity index (χ2n) is 8.41. The molecule has 0 bridgehead atoms. The number of carbonyl (C=O) groups is 3. The number of hydrogen-bond acceptors (Lipinski definition) is 7. The molecule has 2 amide bonds. The summed E-state index contributed by atoms with van der Waals surface area (Å²) in [6, 6.07) is 13.2. The molecule has 1 saturated heterocycles. The topological polar surface area (TPSA) is 85.7 Å². The van der Waals surface area contributed by atoms with E-state index in [2.05, 4.69) is 0 Å². The van der Waals surface area contributed by atoms with E-state index in [4.69, 9.17) is 4.74 Å². The lowest BCUT2D eigenvalue weighted by molar-refractivity contribution is -0.144. The highest BCUT2D eigenvalue weighted by atomic mass is 32.2. The van der Waals surface area contributed by atoms with Gasteiger partial charge >= 0.3 is 17.0 Å². The molecule has 3 aromatic rings. The molecule has 0 spiro atoms. The molecular weight excluding hydrogens is 529 g/mol. The Labute approximate surface area is 216 Å². The fraction of sp³-hybridized carbons (Fsp3) is 0.280. The van der Waals surface area contributed by atoms with Crippen LogP contribution in [0.25, 0.3) is 0 Å². The summed E-state index contributed by atoms with van der Waals surface area (Å²) in [5.41, 5.74) is -0.986. The summed E-state index contributed by atoms with van der Waals surface area (Å²) in [4.78, 5) is 53.1. The van der Waals surface area contributed by atoms with Gasteiger partial charge in [-0.1, -0.05) is 65.6 Å². The molecular formula is C25H19F3N2O5S2. The fourth-order valence-electron chi connectivity index (χ4n) is 4.76. The predicted octanol–water partition coefficient (Wildman–Crippen LogP) is 4.29. The highest BCUT2D eigenvalue weighted by molar-refractivity contribution is 8.00. The van der Waals surface area contributed by atoms with Crippen LogP contribution in [0.4, 0.5) is 18.9 Å². The largest absolute Gasteiger partial charge is 0.465 e. The summed E-state index contributed by atoms with van der Waals surface area (Å²) >= 11 is 1.78. The Kier molecular flexibility index (Phi) is 6.48. The van der Waals surface area contributed by atoms with Crippen molar-refractivity contribution in [3.05, 3.63) is 80.3 Å². The molecule has 2 aromatic carbocycles. The average Bonchev–Trinajstić information content (AvgIpc) is 3.30. The van der Waals surface area contributed by atoms with Crippen LogP contribution in [-0.4, -0.2) is 34.2 Å². The van der Waals surface area contributed by atoms with Crippen molar-refractivity contribution in [2.75, 3.05) is 11.5 Å². The van der Waals surface area contributed by atoms with E-state index in [1.54, 1.807) is 37.3 Å². The van der Waals surface area contributed by atoms with Gasteiger partial charge in [0.2, 0.25) is 11.8 Å². The Hall–Kier alpha value is -3.38. The summed E-state index contributed by atoms with van der Waals surface area (Å²) < 4.78 is 47.5. The maximum Gasteiger partial charge on any atom is 0.418 e. The molecule has 0 aliphatic carbocycles. The summed E-state index contributed by atoms with van der Waals surface area (Å²) in [7, 11) is 0. The van der Waals surface area contributed by atoms with Crippen molar-refractivity contribution in [3.63, 3.8) is 0 Å². The Balaban J connectivity index is 1.65. The van der Waals surface area contributed by atoms with Crippen molar-refractivity contribution in [3.8, 4) is 0 Å². The number of esters is 1. The zero-order chi connectivity index (χ0) is 26.5. The first-order valence-electron chi connectivity index (χ1n) is 11.3. The van der Waals surface area contributed by atoms with Gasteiger partial charge in [0.05, 0.1) is 28.8 Å². The van der Waals surface area contributed by atoms with Gasteiger partial charge in [0.25, 0.3) is 0 Å². The minimum atomic E-state index is -4.78. The smallest absolute Gasteiger partial charge is 0.418 e. The number of rotatable bonds is 5. The number of alkyl halides is 3. The molecule has 0 radical (unpaired) electrons. The number of halogens is 3. The van der Waals surface area contributed by atoms with E-state index in [0.717, 1.165) is 35.2 Å². The molecule has 12 heteroatoms. The minimum absolute atomic E-state index is 0.116. The van der Waals surface area contributed by atoms with E-state index in [1.807, 2.05) is 0 Å². The number of fused-ring (bicyclic) bond motifs is 2. The number of carbonyl (C=O) groups excluding carboxylic acids is 3. The van der Waals surface area contributed by atoms with Gasteiger partial charge < -0.3 is 4.74 Å². The number of aromatic nitrogens is 1. The molecule has 1 aromatic heterocycles. The molecule has 3 atom stereocenters. The van der Waals surface area contributed by atoms with Gasteiger partial charge in [0.15, 0.2) is 0 Å². The molecule has 5 rings (SSSR count). The van der Waals surface area contributed by atoms with Crippen LogP contribution < -0.4 is 9.77 Å². The van der Waals surface area contributed by atoms with Crippen LogP contribution in [0, 0.1) is 5.92 Å². The zero-order valence-corrected chi connectivity index (χ0v) is 20.9. The molecule has 3 heterocycles. The average molecular weight is 549 g/mol. The van der Waals surface area contributed by atoms with Crippen LogP contribution in [0.5, 0.6) is 0 Å². The van der Waals surface area contributed by atoms with Crippen molar-refractivity contribution in [1.82, 2.24) is 4.57 Å². The Morgan fingerprint density at radius 2 is 1.68 bits per heavy atom.